The number of amides is 2. The summed E-state index contributed by atoms with van der Waals surface area (Å²) in [6.45, 7) is 13.1. The third kappa shape index (κ3) is 4.88. The van der Waals surface area contributed by atoms with E-state index < -0.39 is 14.3 Å². The number of carbonyl (C=O) groups is 1. The predicted octanol–water partition coefficient (Wildman–Crippen LogP) is 4.48. The smallest absolute Gasteiger partial charge is 0.314 e. The average molecular weight is 457 g/mol. The number of para-hydroxylation sites is 1. The highest BCUT2D eigenvalue weighted by Crippen LogP contribution is 2.36. The summed E-state index contributed by atoms with van der Waals surface area (Å²) >= 11 is 0. The van der Waals surface area contributed by atoms with Crippen molar-refractivity contribution in [1.82, 2.24) is 19.4 Å². The molecule has 0 unspecified atom stereocenters. The largest absolute Gasteiger partial charge is 0.417 e. The molecule has 9 heteroatoms. The number of unbranched alkanes of at least 4 members (excludes halogenated alkanes) is 1. The lowest BCUT2D eigenvalue weighted by molar-refractivity contribution is 0.215. The van der Waals surface area contributed by atoms with E-state index in [-0.39, 0.29) is 5.04 Å². The van der Waals surface area contributed by atoms with Gasteiger partial charge in [-0.3, -0.25) is 0 Å². The molecule has 174 valence electrons. The number of nitrogens with two attached hydrogens (primary N) is 2. The van der Waals surface area contributed by atoms with Gasteiger partial charge in [0.2, 0.25) is 0 Å². The molecule has 2 amide bonds. The van der Waals surface area contributed by atoms with Gasteiger partial charge >= 0.3 is 6.03 Å². The van der Waals surface area contributed by atoms with E-state index in [4.69, 9.17) is 20.9 Å². The maximum atomic E-state index is 11.6. The summed E-state index contributed by atoms with van der Waals surface area (Å²) in [6, 6.07) is 7.41. The van der Waals surface area contributed by atoms with E-state index in [1.807, 2.05) is 24.3 Å². The highest BCUT2D eigenvalue weighted by atomic mass is 28.4. The number of hydrogen-bond donors (Lipinski definition) is 2. The van der Waals surface area contributed by atoms with Crippen molar-refractivity contribution in [2.45, 2.75) is 64.8 Å². The van der Waals surface area contributed by atoms with E-state index in [0.29, 0.717) is 17.9 Å². The van der Waals surface area contributed by atoms with Crippen LogP contribution in [0.5, 0.6) is 0 Å². The van der Waals surface area contributed by atoms with Crippen LogP contribution in [0.15, 0.2) is 24.3 Å². The Balaban J connectivity index is 1.89. The third-order valence-corrected chi connectivity index (χ3v) is 11.0. The molecule has 32 heavy (non-hydrogen) atoms. The minimum Gasteiger partial charge on any atom is -0.417 e. The van der Waals surface area contributed by atoms with E-state index in [2.05, 4.69) is 43.4 Å². The molecule has 0 atom stereocenters. The lowest BCUT2D eigenvalue weighted by Gasteiger charge is -2.36. The molecule has 1 aromatic carbocycles. The summed E-state index contributed by atoms with van der Waals surface area (Å²) in [5, 5.41) is 1.19. The van der Waals surface area contributed by atoms with Crippen LogP contribution < -0.4 is 11.5 Å². The van der Waals surface area contributed by atoms with Crippen LogP contribution in [0, 0.1) is 0 Å². The van der Waals surface area contributed by atoms with Gasteiger partial charge in [0.05, 0.1) is 17.6 Å². The Morgan fingerprint density at radius 3 is 2.53 bits per heavy atom. The van der Waals surface area contributed by atoms with Crippen LogP contribution in [-0.4, -0.2) is 47.4 Å². The molecule has 0 saturated carbocycles. The van der Waals surface area contributed by atoms with Gasteiger partial charge in [0.25, 0.3) is 0 Å². The number of primary amides is 1. The third-order valence-electron chi connectivity index (χ3n) is 6.49. The van der Waals surface area contributed by atoms with Gasteiger partial charge in [0.15, 0.2) is 14.1 Å². The van der Waals surface area contributed by atoms with Gasteiger partial charge in [-0.25, -0.2) is 14.8 Å². The topological polar surface area (TPSA) is 112 Å². The van der Waals surface area contributed by atoms with Gasteiger partial charge in [0.1, 0.15) is 11.3 Å². The zero-order valence-electron chi connectivity index (χ0n) is 20.1. The number of fused-ring (bicyclic) bond motifs is 3. The second-order valence-electron chi connectivity index (χ2n) is 9.90. The molecule has 2 heterocycles. The molecule has 0 aliphatic heterocycles. The van der Waals surface area contributed by atoms with Crippen LogP contribution in [0.4, 0.5) is 10.6 Å². The van der Waals surface area contributed by atoms with Gasteiger partial charge < -0.3 is 25.4 Å². The molecule has 4 N–H and O–H groups in total. The number of hydrogen-bond acceptors (Lipinski definition) is 5. The molecule has 0 fully saturated rings. The first-order valence-corrected chi connectivity index (χ1v) is 14.0. The molecule has 0 bridgehead atoms. The van der Waals surface area contributed by atoms with E-state index in [9.17, 15) is 4.79 Å². The second kappa shape index (κ2) is 9.07. The Morgan fingerprint density at radius 1 is 1.19 bits per heavy atom. The highest BCUT2D eigenvalue weighted by molar-refractivity contribution is 6.74. The number of aromatic nitrogens is 3. The normalized spacial score (nSPS) is 12.6. The van der Waals surface area contributed by atoms with Crippen LogP contribution in [0.25, 0.3) is 21.9 Å². The SMILES string of the molecule is CN(Cc1nc2c(N)nc3ccccc3c2n1CCCCO[Si](C)(C)C(C)(C)C)C(N)=O. The molecule has 3 aromatic rings. The van der Waals surface area contributed by atoms with E-state index >= 15 is 0 Å². The van der Waals surface area contributed by atoms with Crippen LogP contribution in [-0.2, 0) is 17.5 Å². The van der Waals surface area contributed by atoms with Gasteiger partial charge in [0, 0.05) is 25.6 Å². The number of anilines is 1. The van der Waals surface area contributed by atoms with Crippen molar-refractivity contribution in [1.29, 1.82) is 0 Å². The highest BCUT2D eigenvalue weighted by Gasteiger charge is 2.36. The minimum absolute atomic E-state index is 0.198. The summed E-state index contributed by atoms with van der Waals surface area (Å²) in [6.07, 6.45) is 1.86. The second-order valence-corrected chi connectivity index (χ2v) is 14.7. The Hall–Kier alpha value is -2.65. The predicted molar refractivity (Wildman–Crippen MR) is 133 cm³/mol. The van der Waals surface area contributed by atoms with Crippen molar-refractivity contribution in [2.75, 3.05) is 19.4 Å². The molecule has 0 aliphatic rings. The van der Waals surface area contributed by atoms with Gasteiger partial charge in [-0.15, -0.1) is 0 Å². The molecule has 0 radical (unpaired) electrons. The number of nitrogen functional groups attached to an aromatic ring is 1. The maximum Gasteiger partial charge on any atom is 0.314 e. The fourth-order valence-electron chi connectivity index (χ4n) is 3.47. The molecular weight excluding hydrogens is 420 g/mol. The fraction of sp³-hybridized carbons (Fsp3) is 0.522. The van der Waals surface area contributed by atoms with E-state index in [1.165, 1.54) is 4.90 Å². The van der Waals surface area contributed by atoms with Crippen molar-refractivity contribution < 1.29 is 9.22 Å². The Labute approximate surface area is 191 Å². The minimum atomic E-state index is -1.76. The average Bonchev–Trinajstić information content (AvgIpc) is 3.06. The quantitative estimate of drug-likeness (QED) is 0.383. The maximum absolute atomic E-state index is 11.6. The number of aryl methyl sites for hydroxylation is 1. The molecule has 0 saturated heterocycles. The number of carbonyl (C=O) groups excluding carboxylic acids is 1. The fourth-order valence-corrected chi connectivity index (χ4v) is 4.56. The zero-order chi connectivity index (χ0) is 23.7. The number of urea groups is 1. The van der Waals surface area contributed by atoms with E-state index in [0.717, 1.165) is 48.2 Å². The van der Waals surface area contributed by atoms with E-state index in [1.54, 1.807) is 7.05 Å². The summed E-state index contributed by atoms with van der Waals surface area (Å²) < 4.78 is 8.49. The van der Waals surface area contributed by atoms with Crippen molar-refractivity contribution in [3.8, 4) is 0 Å². The molecule has 0 aliphatic carbocycles. The van der Waals surface area contributed by atoms with Crippen LogP contribution in [0.2, 0.25) is 18.1 Å². The summed E-state index contributed by atoms with van der Waals surface area (Å²) in [5.74, 6) is 1.14. The lowest BCUT2D eigenvalue weighted by atomic mass is 10.2. The molecule has 0 spiro atoms. The number of benzene rings is 1. The van der Waals surface area contributed by atoms with Gasteiger partial charge in [-0.2, -0.15) is 0 Å². The molecule has 3 rings (SSSR count). The summed E-state index contributed by atoms with van der Waals surface area (Å²) in [5.41, 5.74) is 14.2. The Bertz CT molecular complexity index is 1120. The first-order valence-electron chi connectivity index (χ1n) is 11.1. The number of pyridine rings is 1. The number of imidazole rings is 1. The Kier molecular flexibility index (Phi) is 6.80. The first-order chi connectivity index (χ1) is 14.9. The number of rotatable bonds is 8. The lowest BCUT2D eigenvalue weighted by Crippen LogP contribution is -2.41. The monoisotopic (exact) mass is 456 g/mol. The Morgan fingerprint density at radius 2 is 1.88 bits per heavy atom. The number of nitrogens with zero attached hydrogens (tertiary/aromatic N) is 4. The molecular formula is C23H36N6O2Si. The van der Waals surface area contributed by atoms with Gasteiger partial charge in [-0.05, 0) is 37.0 Å². The van der Waals surface area contributed by atoms with Crippen molar-refractivity contribution in [3.63, 3.8) is 0 Å². The molecule has 2 aromatic heterocycles. The van der Waals surface area contributed by atoms with Crippen LogP contribution in [0.3, 0.4) is 0 Å². The first kappa shape index (κ1) is 24.0. The summed E-state index contributed by atoms with van der Waals surface area (Å²) in [7, 11) is -0.0904. The zero-order valence-corrected chi connectivity index (χ0v) is 21.1. The standard InChI is InChI=1S/C23H36N6O2Si/c1-23(2,3)32(5,6)31-14-10-9-13-29-18(15-28(4)22(25)30)27-19-20(29)16-11-7-8-12-17(16)26-21(19)24/h7-8,11-12H,9-10,13-15H2,1-6H3,(H2,24,26)(H2,25,30). The molecule has 8 nitrogen and oxygen atoms in total. The summed E-state index contributed by atoms with van der Waals surface area (Å²) in [4.78, 5) is 22.4. The van der Waals surface area contributed by atoms with Crippen LogP contribution in [0.1, 0.15) is 39.4 Å². The van der Waals surface area contributed by atoms with Crippen molar-refractivity contribution in [3.05, 3.63) is 30.1 Å². The van der Waals surface area contributed by atoms with Crippen molar-refractivity contribution in [2.24, 2.45) is 5.73 Å². The van der Waals surface area contributed by atoms with Gasteiger partial charge in [-0.1, -0.05) is 39.0 Å². The van der Waals surface area contributed by atoms with Crippen LogP contribution >= 0.6 is 0 Å². The van der Waals surface area contributed by atoms with Crippen molar-refractivity contribution >= 4 is 42.1 Å².